The second-order valence-corrected chi connectivity index (χ2v) is 10.3. The molecule has 2 atom stereocenters. The maximum absolute atomic E-state index is 15.2. The Hall–Kier alpha value is -3.37. The molecule has 2 unspecified atom stereocenters. The van der Waals surface area contributed by atoms with E-state index in [1.165, 1.54) is 31.0 Å². The first-order chi connectivity index (χ1) is 18.4. The van der Waals surface area contributed by atoms with E-state index in [1.807, 2.05) is 0 Å². The standard InChI is InChI=1S/C26H27F4N5O3S/c1-25(2)23(37)34(19-9-6-16(14-31)21(22(19)27)26(28,29)30)24(39)35(25)18-8-7-17(32-15-18)4-3-5-20(36)33-10-12-38-13-11-33/h6-9,15-16,21H,3-5,10-13H2,1-2H3. The fraction of sp³-hybridized carbons (Fsp3) is 0.500. The zero-order chi connectivity index (χ0) is 28.5. The van der Waals surface area contributed by atoms with Crippen LogP contribution < -0.4 is 4.90 Å². The Labute approximate surface area is 228 Å². The van der Waals surface area contributed by atoms with Crippen molar-refractivity contribution in [1.82, 2.24) is 14.8 Å². The van der Waals surface area contributed by atoms with Crippen molar-refractivity contribution >= 4 is 34.8 Å². The van der Waals surface area contributed by atoms with Crippen LogP contribution in [0.3, 0.4) is 0 Å². The smallest absolute Gasteiger partial charge is 0.378 e. The van der Waals surface area contributed by atoms with Crippen LogP contribution in [0.1, 0.15) is 32.4 Å². The Balaban J connectivity index is 1.50. The molecule has 3 aliphatic rings. The minimum Gasteiger partial charge on any atom is -0.378 e. The van der Waals surface area contributed by atoms with Gasteiger partial charge in [-0.2, -0.15) is 18.4 Å². The molecule has 13 heteroatoms. The molecule has 0 aromatic carbocycles. The van der Waals surface area contributed by atoms with Gasteiger partial charge in [-0.15, -0.1) is 0 Å². The summed E-state index contributed by atoms with van der Waals surface area (Å²) in [4.78, 5) is 34.0. The summed E-state index contributed by atoms with van der Waals surface area (Å²) in [5.41, 5.74) is -0.883. The monoisotopic (exact) mass is 565 g/mol. The van der Waals surface area contributed by atoms with E-state index in [-0.39, 0.29) is 11.0 Å². The van der Waals surface area contributed by atoms with Gasteiger partial charge in [-0.3, -0.25) is 19.5 Å². The molecule has 1 aliphatic carbocycles. The SMILES string of the molecule is CC1(C)C(=O)N(C2=C(F)C(C(F)(F)F)C(C#N)C=C2)C(=S)N1c1ccc(CCCC(=O)N2CCOCC2)nc1. The number of pyridine rings is 1. The summed E-state index contributed by atoms with van der Waals surface area (Å²) < 4.78 is 61.3. The lowest BCUT2D eigenvalue weighted by molar-refractivity contribution is -0.174. The summed E-state index contributed by atoms with van der Waals surface area (Å²) in [7, 11) is 0. The first kappa shape index (κ1) is 28.6. The van der Waals surface area contributed by atoms with Gasteiger partial charge >= 0.3 is 6.18 Å². The number of anilines is 1. The molecule has 3 heterocycles. The van der Waals surface area contributed by atoms with Crippen LogP contribution in [0.25, 0.3) is 0 Å². The average molecular weight is 566 g/mol. The predicted molar refractivity (Wildman–Crippen MR) is 136 cm³/mol. The quantitative estimate of drug-likeness (QED) is 0.380. The zero-order valence-electron chi connectivity index (χ0n) is 21.4. The van der Waals surface area contributed by atoms with Gasteiger partial charge in [-0.1, -0.05) is 6.08 Å². The lowest BCUT2D eigenvalue weighted by Crippen LogP contribution is -2.44. The van der Waals surface area contributed by atoms with Crippen LogP contribution in [-0.4, -0.2) is 69.7 Å². The highest BCUT2D eigenvalue weighted by Crippen LogP contribution is 2.45. The Morgan fingerprint density at radius 2 is 1.97 bits per heavy atom. The molecule has 2 amide bonds. The number of allylic oxidation sites excluding steroid dienone is 3. The lowest BCUT2D eigenvalue weighted by atomic mass is 9.86. The molecule has 1 aromatic heterocycles. The maximum Gasteiger partial charge on any atom is 0.399 e. The minimum absolute atomic E-state index is 0.0600. The third kappa shape index (κ3) is 5.53. The number of nitriles is 1. The van der Waals surface area contributed by atoms with Crippen LogP contribution in [-0.2, 0) is 20.7 Å². The minimum atomic E-state index is -5.04. The van der Waals surface area contributed by atoms with Crippen LogP contribution in [0.4, 0.5) is 23.2 Å². The van der Waals surface area contributed by atoms with Crippen molar-refractivity contribution in [1.29, 1.82) is 5.26 Å². The van der Waals surface area contributed by atoms with Crippen LogP contribution in [0, 0.1) is 23.2 Å². The van der Waals surface area contributed by atoms with Crippen molar-refractivity contribution in [2.75, 3.05) is 31.2 Å². The Bertz CT molecular complexity index is 1250. The highest BCUT2D eigenvalue weighted by molar-refractivity contribution is 7.80. The molecule has 2 fully saturated rings. The van der Waals surface area contributed by atoms with Crippen molar-refractivity contribution in [3.63, 3.8) is 0 Å². The fourth-order valence-electron chi connectivity index (χ4n) is 4.88. The van der Waals surface area contributed by atoms with Gasteiger partial charge in [0, 0.05) is 25.2 Å². The molecule has 0 saturated carbocycles. The number of carbonyl (C=O) groups excluding carboxylic acids is 2. The number of morpholine rings is 1. The van der Waals surface area contributed by atoms with Crippen LogP contribution in [0.15, 0.2) is 42.0 Å². The summed E-state index contributed by atoms with van der Waals surface area (Å²) in [5.74, 6) is -6.75. The number of thiocarbonyl (C=S) groups is 1. The number of aromatic nitrogens is 1. The Kier molecular flexibility index (Phi) is 8.09. The average Bonchev–Trinajstić information content (AvgIpc) is 3.07. The summed E-state index contributed by atoms with van der Waals surface area (Å²) in [6.07, 6.45) is -0.126. The molecule has 0 bridgehead atoms. The molecule has 2 saturated heterocycles. The first-order valence-corrected chi connectivity index (χ1v) is 12.8. The normalized spacial score (nSPS) is 23.5. The van der Waals surface area contributed by atoms with Gasteiger partial charge in [0.25, 0.3) is 5.91 Å². The van der Waals surface area contributed by atoms with E-state index in [0.29, 0.717) is 56.9 Å². The predicted octanol–water partition coefficient (Wildman–Crippen LogP) is 4.04. The number of rotatable bonds is 6. The number of amides is 2. The van der Waals surface area contributed by atoms with Gasteiger partial charge in [0.15, 0.2) is 5.11 Å². The molecule has 0 radical (unpaired) electrons. The summed E-state index contributed by atoms with van der Waals surface area (Å²) in [6.45, 7) is 5.28. The molecule has 0 N–H and O–H groups in total. The topological polar surface area (TPSA) is 89.8 Å². The van der Waals surface area contributed by atoms with Crippen LogP contribution in [0.2, 0.25) is 0 Å². The Morgan fingerprint density at radius 1 is 1.28 bits per heavy atom. The van der Waals surface area contributed by atoms with Gasteiger partial charge in [0.2, 0.25) is 5.91 Å². The number of hydrogen-bond acceptors (Lipinski definition) is 6. The van der Waals surface area contributed by atoms with Gasteiger partial charge in [-0.05, 0) is 57.1 Å². The number of aryl methyl sites for hydroxylation is 1. The van der Waals surface area contributed by atoms with Crippen molar-refractivity contribution in [2.24, 2.45) is 11.8 Å². The number of hydrogen-bond donors (Lipinski definition) is 0. The molecule has 39 heavy (non-hydrogen) atoms. The van der Waals surface area contributed by atoms with E-state index >= 15 is 4.39 Å². The highest BCUT2D eigenvalue weighted by atomic mass is 32.1. The van der Waals surface area contributed by atoms with E-state index in [2.05, 4.69) is 4.98 Å². The van der Waals surface area contributed by atoms with E-state index in [4.69, 9.17) is 22.2 Å². The second-order valence-electron chi connectivity index (χ2n) is 9.94. The molecule has 8 nitrogen and oxygen atoms in total. The van der Waals surface area contributed by atoms with E-state index in [9.17, 15) is 22.8 Å². The second kappa shape index (κ2) is 11.0. The number of alkyl halides is 3. The van der Waals surface area contributed by atoms with Gasteiger partial charge in [0.1, 0.15) is 17.3 Å². The molecule has 4 rings (SSSR count). The lowest BCUT2D eigenvalue weighted by Gasteiger charge is -2.29. The zero-order valence-corrected chi connectivity index (χ0v) is 22.2. The number of halogens is 4. The molecule has 2 aliphatic heterocycles. The van der Waals surface area contributed by atoms with Crippen molar-refractivity contribution in [2.45, 2.75) is 44.8 Å². The van der Waals surface area contributed by atoms with Crippen LogP contribution in [0.5, 0.6) is 0 Å². The van der Waals surface area contributed by atoms with Gasteiger partial charge in [0.05, 0.1) is 42.8 Å². The highest BCUT2D eigenvalue weighted by Gasteiger charge is 2.55. The number of carbonyl (C=O) groups is 2. The molecular formula is C26H27F4N5O3S. The Morgan fingerprint density at radius 3 is 2.56 bits per heavy atom. The van der Waals surface area contributed by atoms with Crippen LogP contribution >= 0.6 is 12.2 Å². The molecule has 0 spiro atoms. The largest absolute Gasteiger partial charge is 0.399 e. The van der Waals surface area contributed by atoms with Crippen molar-refractivity contribution < 1.29 is 31.9 Å². The maximum atomic E-state index is 15.2. The first-order valence-electron chi connectivity index (χ1n) is 12.4. The summed E-state index contributed by atoms with van der Waals surface area (Å²) >= 11 is 5.46. The van der Waals surface area contributed by atoms with Crippen molar-refractivity contribution in [3.8, 4) is 6.07 Å². The van der Waals surface area contributed by atoms with Gasteiger partial charge in [-0.25, -0.2) is 4.39 Å². The summed E-state index contributed by atoms with van der Waals surface area (Å²) in [5, 5.41) is 8.89. The van der Waals surface area contributed by atoms with Gasteiger partial charge < -0.3 is 14.5 Å². The van der Waals surface area contributed by atoms with Crippen molar-refractivity contribution in [3.05, 3.63) is 47.7 Å². The fourth-order valence-corrected chi connectivity index (χ4v) is 5.39. The van der Waals surface area contributed by atoms with E-state index in [1.54, 1.807) is 17.0 Å². The number of ether oxygens (including phenoxy) is 1. The third-order valence-corrected chi connectivity index (χ3v) is 7.37. The number of nitrogens with zero attached hydrogens (tertiary/aromatic N) is 5. The molecule has 1 aromatic rings. The molecule has 208 valence electrons. The third-order valence-electron chi connectivity index (χ3n) is 7.00. The van der Waals surface area contributed by atoms with E-state index < -0.39 is 41.0 Å². The molecular weight excluding hydrogens is 538 g/mol. The van der Waals surface area contributed by atoms with E-state index in [0.717, 1.165) is 17.1 Å². The summed E-state index contributed by atoms with van der Waals surface area (Å²) in [6, 6.07) is 4.85.